The first-order chi connectivity index (χ1) is 19.9. The fourth-order valence-corrected chi connectivity index (χ4v) is 7.57. The number of rotatable bonds is 10. The van der Waals surface area contributed by atoms with Gasteiger partial charge in [-0.25, -0.2) is 4.39 Å². The van der Waals surface area contributed by atoms with Crippen LogP contribution in [-0.2, 0) is 13.1 Å². The third-order valence-electron chi connectivity index (χ3n) is 9.23. The number of para-hydroxylation sites is 1. The van der Waals surface area contributed by atoms with Crippen molar-refractivity contribution in [1.82, 2.24) is 14.8 Å². The molecule has 4 atom stereocenters. The van der Waals surface area contributed by atoms with Crippen LogP contribution >= 0.6 is 11.6 Å². The molecule has 1 amide bonds. The number of likely N-dealkylation sites (tertiary alicyclic amines) is 1. The van der Waals surface area contributed by atoms with Crippen molar-refractivity contribution in [3.05, 3.63) is 94.9 Å². The van der Waals surface area contributed by atoms with Crippen molar-refractivity contribution in [2.45, 2.75) is 57.0 Å². The molecule has 1 N–H and O–H groups in total. The van der Waals surface area contributed by atoms with Crippen molar-refractivity contribution in [1.29, 1.82) is 0 Å². The number of ether oxygens (including phenoxy) is 2. The number of methoxy groups -OCH3 is 1. The molecule has 7 rings (SSSR count). The molecule has 3 fully saturated rings. The fraction of sp³-hybridized carbons (Fsp3) is 0.364. The molecule has 0 radical (unpaired) electrons. The van der Waals surface area contributed by atoms with Crippen molar-refractivity contribution < 1.29 is 18.7 Å². The van der Waals surface area contributed by atoms with Crippen molar-refractivity contribution in [2.24, 2.45) is 5.41 Å². The maximum Gasteiger partial charge on any atom is 0.253 e. The van der Waals surface area contributed by atoms with Gasteiger partial charge in [-0.3, -0.25) is 9.69 Å². The zero-order valence-corrected chi connectivity index (χ0v) is 23.7. The van der Waals surface area contributed by atoms with Crippen molar-refractivity contribution in [3.63, 3.8) is 0 Å². The van der Waals surface area contributed by atoms with Gasteiger partial charge in [0.1, 0.15) is 23.4 Å². The van der Waals surface area contributed by atoms with Gasteiger partial charge in [-0.1, -0.05) is 35.9 Å². The Labute approximate surface area is 244 Å². The van der Waals surface area contributed by atoms with Gasteiger partial charge < -0.3 is 19.4 Å². The zero-order valence-electron chi connectivity index (χ0n) is 23.0. The lowest BCUT2D eigenvalue weighted by Crippen LogP contribution is -2.53. The van der Waals surface area contributed by atoms with Crippen LogP contribution in [0.15, 0.2) is 72.9 Å². The van der Waals surface area contributed by atoms with E-state index in [2.05, 4.69) is 14.8 Å². The Morgan fingerprint density at radius 3 is 2.71 bits per heavy atom. The summed E-state index contributed by atoms with van der Waals surface area (Å²) in [5.41, 5.74) is 2.96. The van der Waals surface area contributed by atoms with Crippen LogP contribution in [0, 0.1) is 11.2 Å². The first kappa shape index (κ1) is 26.4. The molecule has 41 heavy (non-hydrogen) atoms. The van der Waals surface area contributed by atoms with Crippen LogP contribution in [0.2, 0.25) is 5.02 Å². The summed E-state index contributed by atoms with van der Waals surface area (Å²) in [7, 11) is 1.67. The van der Waals surface area contributed by atoms with Gasteiger partial charge in [0, 0.05) is 60.2 Å². The third-order valence-corrected chi connectivity index (χ3v) is 9.47. The monoisotopic (exact) mass is 573 g/mol. The van der Waals surface area contributed by atoms with Crippen LogP contribution in [-0.4, -0.2) is 47.2 Å². The largest absolute Gasteiger partial charge is 0.495 e. The smallest absolute Gasteiger partial charge is 0.253 e. The maximum absolute atomic E-state index is 13.3. The first-order valence-electron chi connectivity index (χ1n) is 14.3. The molecule has 2 saturated carbocycles. The predicted molar refractivity (Wildman–Crippen MR) is 157 cm³/mol. The third kappa shape index (κ3) is 4.75. The van der Waals surface area contributed by atoms with E-state index in [4.69, 9.17) is 21.1 Å². The van der Waals surface area contributed by atoms with Crippen LogP contribution in [0.4, 0.5) is 4.39 Å². The topological polar surface area (TPSA) is 55.7 Å². The van der Waals surface area contributed by atoms with Crippen LogP contribution in [0.3, 0.4) is 0 Å². The summed E-state index contributed by atoms with van der Waals surface area (Å²) < 4.78 is 27.4. The molecule has 6 nitrogen and oxygen atoms in total. The van der Waals surface area contributed by atoms with Gasteiger partial charge in [0.25, 0.3) is 5.91 Å². The van der Waals surface area contributed by atoms with Crippen molar-refractivity contribution in [3.8, 4) is 11.5 Å². The van der Waals surface area contributed by atoms with E-state index in [1.807, 2.05) is 48.7 Å². The van der Waals surface area contributed by atoms with Crippen molar-refractivity contribution in [2.75, 3.05) is 13.7 Å². The molecule has 3 aliphatic rings. The minimum absolute atomic E-state index is 0.120. The maximum atomic E-state index is 13.3. The molecule has 0 bridgehead atoms. The van der Waals surface area contributed by atoms with E-state index in [0.29, 0.717) is 34.6 Å². The number of hydrogen-bond acceptors (Lipinski definition) is 4. The van der Waals surface area contributed by atoms with Crippen LogP contribution in [0.5, 0.6) is 11.5 Å². The number of fused-ring (bicyclic) bond motifs is 1. The highest BCUT2D eigenvalue weighted by molar-refractivity contribution is 6.30. The Kier molecular flexibility index (Phi) is 6.67. The Bertz CT molecular complexity index is 1610. The fourth-order valence-electron chi connectivity index (χ4n) is 7.36. The van der Waals surface area contributed by atoms with Crippen LogP contribution in [0.1, 0.15) is 41.6 Å². The molecular weight excluding hydrogens is 541 g/mol. The first-order valence-corrected chi connectivity index (χ1v) is 14.7. The summed E-state index contributed by atoms with van der Waals surface area (Å²) in [6, 6.07) is 20.9. The summed E-state index contributed by atoms with van der Waals surface area (Å²) in [5.74, 6) is 1.15. The van der Waals surface area contributed by atoms with Gasteiger partial charge in [0.05, 0.1) is 18.2 Å². The highest BCUT2D eigenvalue weighted by atomic mass is 35.5. The molecule has 8 heteroatoms. The van der Waals surface area contributed by atoms with Gasteiger partial charge in [-0.15, -0.1) is 0 Å². The predicted octanol–water partition coefficient (Wildman–Crippen LogP) is 6.45. The van der Waals surface area contributed by atoms with E-state index in [-0.39, 0.29) is 17.8 Å². The number of hydrogen-bond donors (Lipinski definition) is 1. The second-order valence-electron chi connectivity index (χ2n) is 11.6. The van der Waals surface area contributed by atoms with Crippen molar-refractivity contribution >= 4 is 28.4 Å². The molecule has 3 aromatic carbocycles. The van der Waals surface area contributed by atoms with E-state index in [0.717, 1.165) is 60.3 Å². The molecule has 1 aromatic heterocycles. The molecule has 1 aliphatic heterocycles. The average Bonchev–Trinajstić information content (AvgIpc) is 3.27. The minimum Gasteiger partial charge on any atom is -0.495 e. The summed E-state index contributed by atoms with van der Waals surface area (Å²) >= 11 is 6.11. The highest BCUT2D eigenvalue weighted by Gasteiger charge is 2.75. The van der Waals surface area contributed by atoms with E-state index in [1.165, 1.54) is 18.6 Å². The summed E-state index contributed by atoms with van der Waals surface area (Å²) in [6.45, 7) is 2.20. The molecule has 2 heterocycles. The van der Waals surface area contributed by atoms with Gasteiger partial charge >= 0.3 is 0 Å². The van der Waals surface area contributed by atoms with E-state index in [1.54, 1.807) is 19.2 Å². The normalized spacial score (nSPS) is 24.4. The SMILES string of the molecule is COc1cccc2c(C(=O)NCc3cccc(Cl)c3)cn(CCCN3C4CC(Oc5ccc(F)cc5)CC45CC35)c12. The summed E-state index contributed by atoms with van der Waals surface area (Å²) in [5, 5.41) is 4.58. The molecule has 212 valence electrons. The Hall–Kier alpha value is -3.55. The van der Waals surface area contributed by atoms with E-state index < -0.39 is 0 Å². The van der Waals surface area contributed by atoms with Crippen LogP contribution in [0.25, 0.3) is 10.9 Å². The van der Waals surface area contributed by atoms with Crippen LogP contribution < -0.4 is 14.8 Å². The number of nitrogens with one attached hydrogen (secondary N) is 1. The Morgan fingerprint density at radius 1 is 1.07 bits per heavy atom. The van der Waals surface area contributed by atoms with Gasteiger partial charge in [-0.2, -0.15) is 0 Å². The standard InChI is InChI=1S/C33H33ClFN3O3/c1-40-28-8-3-7-26-27(32(39)36-19-21-5-2-6-22(34)15-21)20-37(31(26)28)13-4-14-38-29-16-25(17-33(29)18-30(33)38)41-24-11-9-23(35)10-12-24/h2-3,5-12,15,20,25,29-30H,4,13-14,16-19H2,1H3,(H,36,39). The quantitative estimate of drug-likeness (QED) is 0.237. The number of nitrogens with zero attached hydrogens (tertiary/aromatic N) is 2. The summed E-state index contributed by atoms with van der Waals surface area (Å²) in [4.78, 5) is 15.9. The Balaban J connectivity index is 1.01. The molecule has 4 aromatic rings. The number of carbonyl (C=O) groups is 1. The molecule has 4 unspecified atom stereocenters. The van der Waals surface area contributed by atoms with E-state index in [9.17, 15) is 9.18 Å². The van der Waals surface area contributed by atoms with Gasteiger partial charge in [0.2, 0.25) is 0 Å². The Morgan fingerprint density at radius 2 is 1.90 bits per heavy atom. The number of halogens is 2. The lowest BCUT2D eigenvalue weighted by molar-refractivity contribution is 0.0329. The second-order valence-corrected chi connectivity index (χ2v) is 12.0. The molecule has 2 aliphatic carbocycles. The van der Waals surface area contributed by atoms with Gasteiger partial charge in [-0.05, 0) is 67.3 Å². The molecular formula is C33H33ClFN3O3. The number of aromatic nitrogens is 1. The van der Waals surface area contributed by atoms with E-state index >= 15 is 0 Å². The molecule has 1 saturated heterocycles. The summed E-state index contributed by atoms with van der Waals surface area (Å²) in [6.07, 6.45) is 6.47. The lowest BCUT2D eigenvalue weighted by Gasteiger charge is -2.43. The number of aryl methyl sites for hydroxylation is 1. The average molecular weight is 574 g/mol. The number of carbonyl (C=O) groups excluding carboxylic acids is 1. The molecule has 1 spiro atoms. The number of benzene rings is 3. The number of amides is 1. The second kappa shape index (κ2) is 10.4. The minimum atomic E-state index is -0.241. The lowest BCUT2D eigenvalue weighted by atomic mass is 9.90. The zero-order chi connectivity index (χ0) is 28.1. The highest BCUT2D eigenvalue weighted by Crippen LogP contribution is 2.70. The van der Waals surface area contributed by atoms with Gasteiger partial charge in [0.15, 0.2) is 0 Å².